The molecule has 0 N–H and O–H groups in total. The molecule has 0 spiro atoms. The van der Waals surface area contributed by atoms with Gasteiger partial charge in [0.05, 0.1) is 34.8 Å². The zero-order valence-electron chi connectivity index (χ0n) is 18.7. The van der Waals surface area contributed by atoms with Crippen LogP contribution in [0.1, 0.15) is 39.8 Å². The number of carbonyl (C=O) groups excluding carboxylic acids is 2. The molecular formula is C24H24F3N3O3. The van der Waals surface area contributed by atoms with E-state index in [0.29, 0.717) is 18.1 Å². The zero-order valence-corrected chi connectivity index (χ0v) is 18.7. The van der Waals surface area contributed by atoms with Crippen LogP contribution in [0.15, 0.2) is 48.5 Å². The van der Waals surface area contributed by atoms with E-state index in [1.54, 1.807) is 38.1 Å². The van der Waals surface area contributed by atoms with E-state index in [-0.39, 0.29) is 23.5 Å². The minimum absolute atomic E-state index is 0.0796. The molecule has 0 bridgehead atoms. The van der Waals surface area contributed by atoms with Crippen molar-refractivity contribution in [3.63, 3.8) is 0 Å². The minimum Gasteiger partial charge on any atom is -0.494 e. The second kappa shape index (κ2) is 9.48. The molecule has 0 radical (unpaired) electrons. The summed E-state index contributed by atoms with van der Waals surface area (Å²) in [7, 11) is 1.51. The SMILES string of the molecule is CCOc1ccc(CN(C)C(=O)C(=O)c2c(C)nn(-c3cccc(C(F)(F)F)c3)c2C)cc1. The number of benzene rings is 2. The van der Waals surface area contributed by atoms with Crippen molar-refractivity contribution in [1.82, 2.24) is 14.7 Å². The highest BCUT2D eigenvalue weighted by Gasteiger charge is 2.31. The van der Waals surface area contributed by atoms with Crippen molar-refractivity contribution in [1.29, 1.82) is 0 Å². The Morgan fingerprint density at radius 1 is 1.09 bits per heavy atom. The van der Waals surface area contributed by atoms with Crippen molar-refractivity contribution in [2.24, 2.45) is 0 Å². The smallest absolute Gasteiger partial charge is 0.416 e. The summed E-state index contributed by atoms with van der Waals surface area (Å²) >= 11 is 0. The number of alkyl halides is 3. The number of aryl methyl sites for hydroxylation is 1. The van der Waals surface area contributed by atoms with Crippen molar-refractivity contribution in [2.45, 2.75) is 33.5 Å². The average molecular weight is 459 g/mol. The Hall–Kier alpha value is -3.62. The topological polar surface area (TPSA) is 64.4 Å². The van der Waals surface area contributed by atoms with Crippen molar-refractivity contribution in [3.05, 3.63) is 76.6 Å². The van der Waals surface area contributed by atoms with Crippen LogP contribution in [0, 0.1) is 13.8 Å². The van der Waals surface area contributed by atoms with Crippen LogP contribution in [0.2, 0.25) is 0 Å². The lowest BCUT2D eigenvalue weighted by Crippen LogP contribution is -2.33. The van der Waals surface area contributed by atoms with E-state index in [4.69, 9.17) is 4.74 Å². The first-order valence-corrected chi connectivity index (χ1v) is 10.3. The molecule has 33 heavy (non-hydrogen) atoms. The number of ketones is 1. The van der Waals surface area contributed by atoms with Crippen molar-refractivity contribution in [3.8, 4) is 11.4 Å². The molecule has 3 rings (SSSR count). The van der Waals surface area contributed by atoms with Gasteiger partial charge in [-0.2, -0.15) is 18.3 Å². The molecule has 174 valence electrons. The third-order valence-electron chi connectivity index (χ3n) is 5.13. The molecule has 0 unspecified atom stereocenters. The number of amides is 1. The Morgan fingerprint density at radius 3 is 2.36 bits per heavy atom. The molecule has 9 heteroatoms. The summed E-state index contributed by atoms with van der Waals surface area (Å²) in [5.41, 5.74) is 0.773. The Kier molecular flexibility index (Phi) is 6.90. The van der Waals surface area contributed by atoms with Gasteiger partial charge in [0.15, 0.2) is 0 Å². The van der Waals surface area contributed by atoms with Gasteiger partial charge in [0.25, 0.3) is 11.7 Å². The van der Waals surface area contributed by atoms with Gasteiger partial charge in [-0.1, -0.05) is 18.2 Å². The van der Waals surface area contributed by atoms with Crippen LogP contribution < -0.4 is 4.74 Å². The van der Waals surface area contributed by atoms with E-state index < -0.39 is 23.4 Å². The van der Waals surface area contributed by atoms with Gasteiger partial charge in [-0.3, -0.25) is 9.59 Å². The molecular weight excluding hydrogens is 435 g/mol. The highest BCUT2D eigenvalue weighted by Crippen LogP contribution is 2.31. The fourth-order valence-corrected chi connectivity index (χ4v) is 3.52. The molecule has 0 aliphatic carbocycles. The van der Waals surface area contributed by atoms with Crippen LogP contribution in [-0.2, 0) is 17.5 Å². The van der Waals surface area contributed by atoms with Crippen LogP contribution in [-0.4, -0.2) is 40.0 Å². The van der Waals surface area contributed by atoms with E-state index in [9.17, 15) is 22.8 Å². The Bertz CT molecular complexity index is 1170. The second-order valence-electron chi connectivity index (χ2n) is 7.57. The Balaban J connectivity index is 1.82. The normalized spacial score (nSPS) is 11.4. The fraction of sp³-hybridized carbons (Fsp3) is 0.292. The standard InChI is InChI=1S/C24H24F3N3O3/c1-5-33-20-11-9-17(10-12-20)14-29(4)23(32)22(31)21-15(2)28-30(16(21)3)19-8-6-7-18(13-19)24(25,26)27/h6-13H,5,14H2,1-4H3. The van der Waals surface area contributed by atoms with Crippen LogP contribution in [0.5, 0.6) is 5.75 Å². The summed E-state index contributed by atoms with van der Waals surface area (Å²) in [5, 5.41) is 4.22. The lowest BCUT2D eigenvalue weighted by molar-refractivity contribution is -0.137. The lowest BCUT2D eigenvalue weighted by Gasteiger charge is -2.17. The molecule has 2 aromatic carbocycles. The Labute approximate surface area is 189 Å². The number of aromatic nitrogens is 2. The molecule has 1 aromatic heterocycles. The first-order valence-electron chi connectivity index (χ1n) is 10.3. The summed E-state index contributed by atoms with van der Waals surface area (Å²) < 4.78 is 45.9. The fourth-order valence-electron chi connectivity index (χ4n) is 3.52. The monoisotopic (exact) mass is 459 g/mol. The molecule has 3 aromatic rings. The lowest BCUT2D eigenvalue weighted by atomic mass is 10.1. The van der Waals surface area contributed by atoms with Crippen molar-refractivity contribution >= 4 is 11.7 Å². The largest absolute Gasteiger partial charge is 0.494 e. The molecule has 0 saturated carbocycles. The number of halogens is 3. The van der Waals surface area contributed by atoms with Gasteiger partial charge in [0.1, 0.15) is 5.75 Å². The molecule has 6 nitrogen and oxygen atoms in total. The quantitative estimate of drug-likeness (QED) is 0.378. The van der Waals surface area contributed by atoms with Crippen molar-refractivity contribution in [2.75, 3.05) is 13.7 Å². The summed E-state index contributed by atoms with van der Waals surface area (Å²) in [6.07, 6.45) is -4.51. The van der Waals surface area contributed by atoms with Gasteiger partial charge in [-0.25, -0.2) is 4.68 Å². The number of rotatable bonds is 7. The highest BCUT2D eigenvalue weighted by molar-refractivity contribution is 6.43. The number of Topliss-reactive ketones (excluding diaryl/α,β-unsaturated/α-hetero) is 1. The summed E-state index contributed by atoms with van der Waals surface area (Å²) in [5.74, 6) is -0.796. The zero-order chi connectivity index (χ0) is 24.3. The van der Waals surface area contributed by atoms with E-state index in [0.717, 1.165) is 17.7 Å². The van der Waals surface area contributed by atoms with Gasteiger partial charge in [0, 0.05) is 13.6 Å². The van der Waals surface area contributed by atoms with Crippen LogP contribution in [0.25, 0.3) is 5.69 Å². The van der Waals surface area contributed by atoms with Crippen LogP contribution >= 0.6 is 0 Å². The van der Waals surface area contributed by atoms with Crippen LogP contribution in [0.3, 0.4) is 0 Å². The molecule has 0 saturated heterocycles. The number of ether oxygens (including phenoxy) is 1. The molecule has 0 atom stereocenters. The maximum atomic E-state index is 13.1. The number of hydrogen-bond acceptors (Lipinski definition) is 4. The minimum atomic E-state index is -4.51. The van der Waals surface area contributed by atoms with Crippen LogP contribution in [0.4, 0.5) is 13.2 Å². The third kappa shape index (κ3) is 5.24. The first-order chi connectivity index (χ1) is 15.5. The maximum absolute atomic E-state index is 13.1. The summed E-state index contributed by atoms with van der Waals surface area (Å²) in [4.78, 5) is 27.1. The summed E-state index contributed by atoms with van der Waals surface area (Å²) in [6, 6.07) is 11.8. The number of carbonyl (C=O) groups is 2. The van der Waals surface area contributed by atoms with E-state index in [1.165, 1.54) is 28.8 Å². The molecule has 1 heterocycles. The predicted molar refractivity (Wildman–Crippen MR) is 116 cm³/mol. The van der Waals surface area contributed by atoms with E-state index in [2.05, 4.69) is 5.10 Å². The van der Waals surface area contributed by atoms with E-state index >= 15 is 0 Å². The maximum Gasteiger partial charge on any atom is 0.416 e. The summed E-state index contributed by atoms with van der Waals surface area (Å²) in [6.45, 7) is 5.72. The van der Waals surface area contributed by atoms with Crippen molar-refractivity contribution < 1.29 is 27.5 Å². The predicted octanol–water partition coefficient (Wildman–Crippen LogP) is 4.75. The van der Waals surface area contributed by atoms with Gasteiger partial charge in [-0.15, -0.1) is 0 Å². The first kappa shape index (κ1) is 24.0. The van der Waals surface area contributed by atoms with Gasteiger partial charge >= 0.3 is 6.18 Å². The molecule has 1 amide bonds. The number of nitrogens with zero attached hydrogens (tertiary/aromatic N) is 3. The molecule has 0 aliphatic heterocycles. The van der Waals surface area contributed by atoms with E-state index in [1.807, 2.05) is 6.92 Å². The highest BCUT2D eigenvalue weighted by atomic mass is 19.4. The van der Waals surface area contributed by atoms with Gasteiger partial charge in [-0.05, 0) is 56.7 Å². The second-order valence-corrected chi connectivity index (χ2v) is 7.57. The Morgan fingerprint density at radius 2 is 1.76 bits per heavy atom. The average Bonchev–Trinajstić information content (AvgIpc) is 3.07. The van der Waals surface area contributed by atoms with Gasteiger partial charge < -0.3 is 9.64 Å². The van der Waals surface area contributed by atoms with Gasteiger partial charge in [0.2, 0.25) is 0 Å². The number of hydrogen-bond donors (Lipinski definition) is 0. The third-order valence-corrected chi connectivity index (χ3v) is 5.13. The number of likely N-dealkylation sites (N-methyl/N-ethyl adjacent to an activating group) is 1. The molecule has 0 fully saturated rings. The molecule has 0 aliphatic rings.